The number of aromatic nitrogens is 1. The molecule has 3 heterocycles. The standard InChI is InChI=1S/C43H25NO/c1-3-16-37-29(10-1)32-12-5-8-27-22-28-9-6-13-33(42(28)41(27)32)34-14-7-15-35-36-23-25(19-21-38(36)44(37)43(34)35)26-18-20-31-30-11-2-4-17-39(30)45-40(31)24-26/h1-21,23-24H,22H2. The summed E-state index contributed by atoms with van der Waals surface area (Å²) in [4.78, 5) is 0. The van der Waals surface area contributed by atoms with Crippen molar-refractivity contribution < 1.29 is 4.42 Å². The zero-order chi connectivity index (χ0) is 29.2. The summed E-state index contributed by atoms with van der Waals surface area (Å²) in [6.07, 6.45) is 0.979. The molecule has 2 nitrogen and oxygen atoms in total. The third-order valence-corrected chi connectivity index (χ3v) is 10.2. The van der Waals surface area contributed by atoms with Crippen LogP contribution in [0.4, 0.5) is 0 Å². The number of para-hydroxylation sites is 3. The van der Waals surface area contributed by atoms with Crippen LogP contribution in [0.25, 0.3) is 92.7 Å². The molecular weight excluding hydrogens is 546 g/mol. The van der Waals surface area contributed by atoms with Crippen LogP contribution >= 0.6 is 0 Å². The Morgan fingerprint density at radius 3 is 1.82 bits per heavy atom. The maximum Gasteiger partial charge on any atom is 0.136 e. The fraction of sp³-hybridized carbons (Fsp3) is 0.0233. The highest BCUT2D eigenvalue weighted by Gasteiger charge is 2.20. The quantitative estimate of drug-likeness (QED) is 0.192. The summed E-state index contributed by atoms with van der Waals surface area (Å²) in [6.45, 7) is 0. The molecule has 0 radical (unpaired) electrons. The maximum atomic E-state index is 6.27. The molecule has 7 aromatic carbocycles. The fourth-order valence-electron chi connectivity index (χ4n) is 8.26. The average molecular weight is 572 g/mol. The third kappa shape index (κ3) is 3.03. The van der Waals surface area contributed by atoms with Crippen LogP contribution in [-0.4, -0.2) is 4.40 Å². The number of hydrogen-bond donors (Lipinski definition) is 0. The van der Waals surface area contributed by atoms with Crippen LogP contribution in [0.2, 0.25) is 0 Å². The summed E-state index contributed by atoms with van der Waals surface area (Å²) in [6, 6.07) is 51.4. The van der Waals surface area contributed by atoms with Crippen molar-refractivity contribution in [1.29, 1.82) is 0 Å². The van der Waals surface area contributed by atoms with E-state index in [2.05, 4.69) is 132 Å². The van der Waals surface area contributed by atoms with Crippen molar-refractivity contribution in [2.45, 2.75) is 6.42 Å². The first kappa shape index (κ1) is 23.6. The first-order valence-corrected chi connectivity index (χ1v) is 15.6. The molecule has 0 bridgehead atoms. The molecule has 0 unspecified atom stereocenters. The van der Waals surface area contributed by atoms with E-state index in [4.69, 9.17) is 4.42 Å². The lowest BCUT2D eigenvalue weighted by molar-refractivity contribution is 0.669. The summed E-state index contributed by atoms with van der Waals surface area (Å²) >= 11 is 0. The molecule has 0 saturated heterocycles. The lowest BCUT2D eigenvalue weighted by atomic mass is 9.99. The second kappa shape index (κ2) is 8.40. The molecule has 0 fully saturated rings. The molecular formula is C43H25NO. The van der Waals surface area contributed by atoms with Gasteiger partial charge in [-0.3, -0.25) is 0 Å². The van der Waals surface area contributed by atoms with Crippen molar-refractivity contribution in [3.63, 3.8) is 0 Å². The van der Waals surface area contributed by atoms with Gasteiger partial charge in [0.05, 0.1) is 16.6 Å². The number of benzene rings is 7. The van der Waals surface area contributed by atoms with Gasteiger partial charge in [-0.1, -0.05) is 103 Å². The smallest absolute Gasteiger partial charge is 0.136 e. The summed E-state index contributed by atoms with van der Waals surface area (Å²) in [7, 11) is 0. The second-order valence-electron chi connectivity index (χ2n) is 12.5. The molecule has 1 aliphatic carbocycles. The Balaban J connectivity index is 1.32. The Kier molecular flexibility index (Phi) is 4.40. The SMILES string of the molecule is c1ccc2c(c1)oc1cc(-c3ccc4c(c3)c3cccc5c6cccc7c6c6c(cccc6c6ccccc6n4c53)C7)ccc12. The molecule has 0 amide bonds. The molecule has 45 heavy (non-hydrogen) atoms. The Bertz CT molecular complexity index is 2960. The second-order valence-corrected chi connectivity index (χ2v) is 12.5. The number of hydrogen-bond acceptors (Lipinski definition) is 1. The van der Waals surface area contributed by atoms with Crippen LogP contribution in [0, 0.1) is 0 Å². The van der Waals surface area contributed by atoms with Crippen molar-refractivity contribution >= 4 is 81.6 Å². The van der Waals surface area contributed by atoms with Gasteiger partial charge < -0.3 is 8.82 Å². The van der Waals surface area contributed by atoms with Crippen LogP contribution in [-0.2, 0) is 6.42 Å². The number of nitrogens with zero attached hydrogens (tertiary/aromatic N) is 1. The van der Waals surface area contributed by atoms with Crippen LogP contribution in [0.15, 0.2) is 144 Å². The summed E-state index contributed by atoms with van der Waals surface area (Å²) in [5.74, 6) is 0. The van der Waals surface area contributed by atoms with Crippen molar-refractivity contribution in [3.05, 3.63) is 151 Å². The molecule has 0 N–H and O–H groups in total. The normalized spacial score (nSPS) is 12.8. The minimum atomic E-state index is 0.922. The van der Waals surface area contributed by atoms with Crippen molar-refractivity contribution in [3.8, 4) is 11.1 Å². The Labute approximate surface area is 258 Å². The van der Waals surface area contributed by atoms with E-state index in [0.29, 0.717) is 0 Å². The van der Waals surface area contributed by atoms with Crippen LogP contribution in [0.1, 0.15) is 11.1 Å². The van der Waals surface area contributed by atoms with Gasteiger partial charge in [-0.25, -0.2) is 0 Å². The summed E-state index contributed by atoms with van der Waals surface area (Å²) < 4.78 is 8.78. The monoisotopic (exact) mass is 571 g/mol. The zero-order valence-electron chi connectivity index (χ0n) is 24.3. The van der Waals surface area contributed by atoms with Crippen LogP contribution in [0.5, 0.6) is 0 Å². The molecule has 208 valence electrons. The summed E-state index contributed by atoms with van der Waals surface area (Å²) in [5.41, 5.74) is 10.7. The van der Waals surface area contributed by atoms with Gasteiger partial charge in [-0.2, -0.15) is 0 Å². The van der Waals surface area contributed by atoms with Gasteiger partial charge in [0, 0.05) is 32.3 Å². The Morgan fingerprint density at radius 2 is 0.978 bits per heavy atom. The molecule has 2 heteroatoms. The van der Waals surface area contributed by atoms with E-state index in [1.165, 1.54) is 76.3 Å². The topological polar surface area (TPSA) is 17.6 Å². The minimum absolute atomic E-state index is 0.922. The molecule has 0 saturated carbocycles. The lowest BCUT2D eigenvalue weighted by Gasteiger charge is -2.06. The predicted octanol–water partition coefficient (Wildman–Crippen LogP) is 11.7. The van der Waals surface area contributed by atoms with Gasteiger partial charge >= 0.3 is 0 Å². The van der Waals surface area contributed by atoms with E-state index >= 15 is 0 Å². The highest BCUT2D eigenvalue weighted by Crippen LogP contribution is 2.44. The van der Waals surface area contributed by atoms with E-state index in [1.54, 1.807) is 0 Å². The largest absolute Gasteiger partial charge is 0.456 e. The van der Waals surface area contributed by atoms with Gasteiger partial charge in [0.25, 0.3) is 0 Å². The zero-order valence-corrected chi connectivity index (χ0v) is 24.3. The van der Waals surface area contributed by atoms with E-state index < -0.39 is 0 Å². The first-order chi connectivity index (χ1) is 22.3. The van der Waals surface area contributed by atoms with E-state index in [1.807, 2.05) is 12.1 Å². The highest BCUT2D eigenvalue weighted by atomic mass is 16.3. The molecule has 10 aromatic rings. The Morgan fingerprint density at radius 1 is 0.400 bits per heavy atom. The van der Waals surface area contributed by atoms with Gasteiger partial charge in [0.2, 0.25) is 0 Å². The minimum Gasteiger partial charge on any atom is -0.456 e. The fourth-order valence-corrected chi connectivity index (χ4v) is 8.26. The number of fused-ring (bicyclic) bond motifs is 10. The van der Waals surface area contributed by atoms with Gasteiger partial charge in [0.15, 0.2) is 0 Å². The Hall–Kier alpha value is -5.86. The van der Waals surface area contributed by atoms with E-state index in [9.17, 15) is 0 Å². The van der Waals surface area contributed by atoms with E-state index in [0.717, 1.165) is 33.9 Å². The lowest BCUT2D eigenvalue weighted by Crippen LogP contribution is -1.87. The molecule has 0 atom stereocenters. The number of rotatable bonds is 1. The van der Waals surface area contributed by atoms with Crippen molar-refractivity contribution in [1.82, 2.24) is 4.40 Å². The highest BCUT2D eigenvalue weighted by molar-refractivity contribution is 6.27. The van der Waals surface area contributed by atoms with Crippen molar-refractivity contribution in [2.75, 3.05) is 0 Å². The predicted molar refractivity (Wildman–Crippen MR) is 189 cm³/mol. The summed E-state index contributed by atoms with van der Waals surface area (Å²) in [5, 5.41) is 12.8. The molecule has 1 aliphatic rings. The molecule has 0 aliphatic heterocycles. The third-order valence-electron chi connectivity index (χ3n) is 10.2. The molecule has 11 rings (SSSR count). The van der Waals surface area contributed by atoms with Crippen molar-refractivity contribution in [2.24, 2.45) is 0 Å². The van der Waals surface area contributed by atoms with Crippen LogP contribution in [0.3, 0.4) is 0 Å². The molecule has 0 spiro atoms. The van der Waals surface area contributed by atoms with Crippen LogP contribution < -0.4 is 0 Å². The first-order valence-electron chi connectivity index (χ1n) is 15.6. The van der Waals surface area contributed by atoms with Gasteiger partial charge in [0.1, 0.15) is 11.2 Å². The van der Waals surface area contributed by atoms with E-state index in [-0.39, 0.29) is 0 Å². The molecule has 3 aromatic heterocycles. The maximum absolute atomic E-state index is 6.27. The van der Waals surface area contributed by atoms with Gasteiger partial charge in [-0.15, -0.1) is 0 Å². The van der Waals surface area contributed by atoms with Gasteiger partial charge in [-0.05, 0) is 86.6 Å². The average Bonchev–Trinajstić information content (AvgIpc) is 3.77. The number of furan rings is 1.